The highest BCUT2D eigenvalue weighted by Gasteiger charge is 2.13. The maximum Gasteiger partial charge on any atom is 0.262 e. The predicted molar refractivity (Wildman–Crippen MR) is 112 cm³/mol. The first kappa shape index (κ1) is 19.2. The van der Waals surface area contributed by atoms with Crippen LogP contribution >= 0.6 is 0 Å². The topological polar surface area (TPSA) is 83.0 Å². The third kappa shape index (κ3) is 4.59. The van der Waals surface area contributed by atoms with Crippen LogP contribution in [0.1, 0.15) is 19.4 Å². The number of ether oxygens (including phenoxy) is 1. The zero-order valence-electron chi connectivity index (χ0n) is 15.8. The van der Waals surface area contributed by atoms with Gasteiger partial charge in [-0.1, -0.05) is 36.4 Å². The van der Waals surface area contributed by atoms with Crippen LogP contribution in [-0.4, -0.2) is 29.9 Å². The average molecular weight is 377 g/mol. The SMILES string of the molecule is CCOc1ccc(C=NNC(=O)C(C)Nc2cccc3ccccc23)cc1O. The maximum atomic E-state index is 12.3. The van der Waals surface area contributed by atoms with E-state index in [1.165, 1.54) is 12.3 Å². The summed E-state index contributed by atoms with van der Waals surface area (Å²) < 4.78 is 5.28. The van der Waals surface area contributed by atoms with E-state index in [1.807, 2.05) is 49.4 Å². The van der Waals surface area contributed by atoms with E-state index in [0.29, 0.717) is 17.9 Å². The largest absolute Gasteiger partial charge is 0.504 e. The van der Waals surface area contributed by atoms with Crippen LogP contribution in [0.4, 0.5) is 5.69 Å². The molecule has 3 aromatic carbocycles. The number of rotatable bonds is 7. The van der Waals surface area contributed by atoms with Crippen molar-refractivity contribution < 1.29 is 14.6 Å². The number of hydrogen-bond acceptors (Lipinski definition) is 5. The molecule has 0 aliphatic rings. The molecule has 3 rings (SSSR count). The van der Waals surface area contributed by atoms with Gasteiger partial charge in [0.05, 0.1) is 12.8 Å². The number of hydrogen-bond donors (Lipinski definition) is 3. The van der Waals surface area contributed by atoms with Crippen molar-refractivity contribution in [3.05, 3.63) is 66.2 Å². The van der Waals surface area contributed by atoms with Crippen LogP contribution in [0.2, 0.25) is 0 Å². The van der Waals surface area contributed by atoms with Crippen molar-refractivity contribution in [1.82, 2.24) is 5.43 Å². The van der Waals surface area contributed by atoms with E-state index in [1.54, 1.807) is 19.1 Å². The van der Waals surface area contributed by atoms with Crippen molar-refractivity contribution in [2.45, 2.75) is 19.9 Å². The van der Waals surface area contributed by atoms with Crippen LogP contribution in [0.25, 0.3) is 10.8 Å². The second kappa shape index (κ2) is 8.90. The number of fused-ring (bicyclic) bond motifs is 1. The molecule has 1 unspecified atom stereocenters. The Kier molecular flexibility index (Phi) is 6.11. The number of aromatic hydroxyl groups is 1. The Labute approximate surface area is 163 Å². The number of carbonyl (C=O) groups excluding carboxylic acids is 1. The summed E-state index contributed by atoms with van der Waals surface area (Å²) in [6, 6.07) is 18.4. The fourth-order valence-electron chi connectivity index (χ4n) is 2.81. The zero-order valence-corrected chi connectivity index (χ0v) is 15.8. The molecule has 0 fully saturated rings. The predicted octanol–water partition coefficient (Wildman–Crippen LogP) is 3.89. The summed E-state index contributed by atoms with van der Waals surface area (Å²) in [7, 11) is 0. The standard InChI is InChI=1S/C22H23N3O3/c1-3-28-21-12-11-16(13-20(21)26)14-23-25-22(27)15(2)24-19-10-6-8-17-7-4-5-9-18(17)19/h4-15,24,26H,3H2,1-2H3,(H,25,27). The van der Waals surface area contributed by atoms with E-state index >= 15 is 0 Å². The van der Waals surface area contributed by atoms with Gasteiger partial charge in [0.25, 0.3) is 5.91 Å². The quantitative estimate of drug-likeness (QED) is 0.431. The molecule has 144 valence electrons. The van der Waals surface area contributed by atoms with E-state index in [-0.39, 0.29) is 11.7 Å². The van der Waals surface area contributed by atoms with Crippen molar-refractivity contribution in [1.29, 1.82) is 0 Å². The van der Waals surface area contributed by atoms with Crippen molar-refractivity contribution >= 4 is 28.6 Å². The molecule has 0 saturated heterocycles. The first-order valence-corrected chi connectivity index (χ1v) is 9.11. The van der Waals surface area contributed by atoms with Gasteiger partial charge in [-0.25, -0.2) is 5.43 Å². The van der Waals surface area contributed by atoms with E-state index in [2.05, 4.69) is 15.8 Å². The van der Waals surface area contributed by atoms with Crippen molar-refractivity contribution in [3.63, 3.8) is 0 Å². The van der Waals surface area contributed by atoms with Crippen LogP contribution < -0.4 is 15.5 Å². The number of benzene rings is 3. The van der Waals surface area contributed by atoms with Crippen molar-refractivity contribution in [3.8, 4) is 11.5 Å². The summed E-state index contributed by atoms with van der Waals surface area (Å²) in [5, 5.41) is 19.2. The summed E-state index contributed by atoms with van der Waals surface area (Å²) in [6.45, 7) is 4.09. The fraction of sp³-hybridized carbons (Fsp3) is 0.182. The van der Waals surface area contributed by atoms with Gasteiger partial charge in [0.2, 0.25) is 0 Å². The van der Waals surface area contributed by atoms with Crippen LogP contribution in [0.15, 0.2) is 65.8 Å². The highest BCUT2D eigenvalue weighted by atomic mass is 16.5. The lowest BCUT2D eigenvalue weighted by atomic mass is 10.1. The lowest BCUT2D eigenvalue weighted by Crippen LogP contribution is -2.34. The number of nitrogens with zero attached hydrogens (tertiary/aromatic N) is 1. The zero-order chi connectivity index (χ0) is 19.9. The van der Waals surface area contributed by atoms with Crippen LogP contribution in [0.5, 0.6) is 11.5 Å². The molecular formula is C22H23N3O3. The molecule has 0 spiro atoms. The van der Waals surface area contributed by atoms with Crippen LogP contribution in [-0.2, 0) is 4.79 Å². The second-order valence-electron chi connectivity index (χ2n) is 6.29. The van der Waals surface area contributed by atoms with Gasteiger partial charge < -0.3 is 15.2 Å². The normalized spacial score (nSPS) is 12.1. The summed E-state index contributed by atoms with van der Waals surface area (Å²) in [5.74, 6) is 0.180. The second-order valence-corrected chi connectivity index (χ2v) is 6.29. The smallest absolute Gasteiger partial charge is 0.262 e. The van der Waals surface area contributed by atoms with Crippen molar-refractivity contribution in [2.75, 3.05) is 11.9 Å². The molecular weight excluding hydrogens is 354 g/mol. The Hall–Kier alpha value is -3.54. The number of hydrazone groups is 1. The van der Waals surface area contributed by atoms with E-state index < -0.39 is 6.04 Å². The van der Waals surface area contributed by atoms with Crippen LogP contribution in [0, 0.1) is 0 Å². The van der Waals surface area contributed by atoms with Crippen molar-refractivity contribution in [2.24, 2.45) is 5.10 Å². The number of anilines is 1. The Morgan fingerprint density at radius 3 is 2.75 bits per heavy atom. The van der Waals surface area contributed by atoms with Gasteiger partial charge in [-0.2, -0.15) is 5.10 Å². The van der Waals surface area contributed by atoms with Gasteiger partial charge in [-0.3, -0.25) is 4.79 Å². The molecule has 6 nitrogen and oxygen atoms in total. The minimum atomic E-state index is -0.475. The molecule has 3 aromatic rings. The molecule has 28 heavy (non-hydrogen) atoms. The number of carbonyl (C=O) groups is 1. The van der Waals surface area contributed by atoms with Gasteiger partial charge >= 0.3 is 0 Å². The summed E-state index contributed by atoms with van der Waals surface area (Å²) in [4.78, 5) is 12.3. The molecule has 0 heterocycles. The molecule has 0 bridgehead atoms. The molecule has 0 saturated carbocycles. The number of nitrogens with one attached hydrogen (secondary N) is 2. The Morgan fingerprint density at radius 2 is 1.96 bits per heavy atom. The lowest BCUT2D eigenvalue weighted by Gasteiger charge is -2.15. The Bertz CT molecular complexity index is 996. The minimum Gasteiger partial charge on any atom is -0.504 e. The average Bonchev–Trinajstić information content (AvgIpc) is 2.70. The summed E-state index contributed by atoms with van der Waals surface area (Å²) in [6.07, 6.45) is 1.47. The molecule has 6 heteroatoms. The number of amides is 1. The van der Waals surface area contributed by atoms with Gasteiger partial charge in [-0.05, 0) is 49.1 Å². The fourth-order valence-corrected chi connectivity index (χ4v) is 2.81. The molecule has 1 atom stereocenters. The third-order valence-corrected chi connectivity index (χ3v) is 4.23. The Morgan fingerprint density at radius 1 is 1.18 bits per heavy atom. The molecule has 0 aromatic heterocycles. The molecule has 0 radical (unpaired) electrons. The third-order valence-electron chi connectivity index (χ3n) is 4.23. The van der Waals surface area contributed by atoms with E-state index in [4.69, 9.17) is 4.74 Å². The first-order valence-electron chi connectivity index (χ1n) is 9.11. The van der Waals surface area contributed by atoms with Gasteiger partial charge in [0.1, 0.15) is 6.04 Å². The maximum absolute atomic E-state index is 12.3. The highest BCUT2D eigenvalue weighted by Crippen LogP contribution is 2.26. The highest BCUT2D eigenvalue weighted by molar-refractivity contribution is 5.96. The Balaban J connectivity index is 1.61. The molecule has 0 aliphatic heterocycles. The molecule has 0 aliphatic carbocycles. The van der Waals surface area contributed by atoms with Gasteiger partial charge in [0, 0.05) is 11.1 Å². The monoisotopic (exact) mass is 377 g/mol. The van der Waals surface area contributed by atoms with Gasteiger partial charge in [-0.15, -0.1) is 0 Å². The summed E-state index contributed by atoms with van der Waals surface area (Å²) >= 11 is 0. The van der Waals surface area contributed by atoms with Gasteiger partial charge in [0.15, 0.2) is 11.5 Å². The summed E-state index contributed by atoms with van der Waals surface area (Å²) in [5.41, 5.74) is 4.05. The number of phenolic OH excluding ortho intramolecular Hbond substituents is 1. The minimum absolute atomic E-state index is 0.0307. The van der Waals surface area contributed by atoms with Crippen LogP contribution in [0.3, 0.4) is 0 Å². The van der Waals surface area contributed by atoms with E-state index in [0.717, 1.165) is 16.5 Å². The van der Waals surface area contributed by atoms with E-state index in [9.17, 15) is 9.90 Å². The lowest BCUT2D eigenvalue weighted by molar-refractivity contribution is -0.121. The number of phenols is 1. The molecule has 1 amide bonds. The molecule has 3 N–H and O–H groups in total. The first-order chi connectivity index (χ1) is 13.6.